The predicted molar refractivity (Wildman–Crippen MR) is 96.4 cm³/mol. The average molecular weight is 349 g/mol. The third-order valence-electron chi connectivity index (χ3n) is 4.20. The fraction of sp³-hybridized carbons (Fsp3) is 0.200. The van der Waals surface area contributed by atoms with Gasteiger partial charge in [0.15, 0.2) is 11.5 Å². The molecule has 0 saturated carbocycles. The Bertz CT molecular complexity index is 889. The van der Waals surface area contributed by atoms with E-state index in [0.717, 1.165) is 12.1 Å². The zero-order valence-corrected chi connectivity index (χ0v) is 14.2. The molecule has 2 aromatic carbocycles. The van der Waals surface area contributed by atoms with Crippen molar-refractivity contribution in [2.75, 3.05) is 13.2 Å². The van der Waals surface area contributed by atoms with E-state index in [4.69, 9.17) is 9.47 Å². The van der Waals surface area contributed by atoms with E-state index in [1.54, 1.807) is 30.7 Å². The zero-order chi connectivity index (χ0) is 17.8. The van der Waals surface area contributed by atoms with Crippen LogP contribution in [0.25, 0.3) is 0 Å². The lowest BCUT2D eigenvalue weighted by Gasteiger charge is -2.18. The number of carbonyl (C=O) groups is 1. The largest absolute Gasteiger partial charge is 0.486 e. The molecular formula is C20H19N3O3. The Morgan fingerprint density at radius 1 is 1.04 bits per heavy atom. The summed E-state index contributed by atoms with van der Waals surface area (Å²) >= 11 is 0. The number of rotatable bonds is 5. The van der Waals surface area contributed by atoms with Gasteiger partial charge in [0, 0.05) is 31.0 Å². The second-order valence-corrected chi connectivity index (χ2v) is 6.09. The predicted octanol–water partition coefficient (Wildman–Crippen LogP) is 2.63. The molecule has 1 N–H and O–H groups in total. The molecule has 6 nitrogen and oxygen atoms in total. The summed E-state index contributed by atoms with van der Waals surface area (Å²) < 4.78 is 13.0. The molecule has 1 aliphatic heterocycles. The average Bonchev–Trinajstić information content (AvgIpc) is 3.20. The third kappa shape index (κ3) is 3.69. The highest BCUT2D eigenvalue weighted by Gasteiger charge is 2.14. The summed E-state index contributed by atoms with van der Waals surface area (Å²) in [5, 5.41) is 2.94. The molecule has 0 unspecified atom stereocenters. The van der Waals surface area contributed by atoms with Crippen molar-refractivity contribution in [3.8, 4) is 11.5 Å². The van der Waals surface area contributed by atoms with Crippen molar-refractivity contribution in [1.29, 1.82) is 0 Å². The van der Waals surface area contributed by atoms with E-state index in [0.29, 0.717) is 36.8 Å². The molecule has 3 aromatic rings. The molecule has 6 heteroatoms. The zero-order valence-electron chi connectivity index (χ0n) is 14.2. The lowest BCUT2D eigenvalue weighted by atomic mass is 10.1. The number of ether oxygens (including phenoxy) is 2. The van der Waals surface area contributed by atoms with Gasteiger partial charge in [-0.2, -0.15) is 0 Å². The first-order valence-electron chi connectivity index (χ1n) is 8.49. The van der Waals surface area contributed by atoms with Crippen molar-refractivity contribution in [2.45, 2.75) is 13.1 Å². The molecule has 1 aromatic heterocycles. The summed E-state index contributed by atoms with van der Waals surface area (Å²) in [7, 11) is 0. The Kier molecular flexibility index (Phi) is 4.55. The van der Waals surface area contributed by atoms with Gasteiger partial charge >= 0.3 is 0 Å². The van der Waals surface area contributed by atoms with Gasteiger partial charge in [0.1, 0.15) is 13.2 Å². The number of hydrogen-bond acceptors (Lipinski definition) is 4. The molecule has 1 aliphatic rings. The van der Waals surface area contributed by atoms with Crippen LogP contribution < -0.4 is 14.8 Å². The molecule has 0 aliphatic carbocycles. The topological polar surface area (TPSA) is 65.4 Å². The van der Waals surface area contributed by atoms with Crippen molar-refractivity contribution in [3.63, 3.8) is 0 Å². The van der Waals surface area contributed by atoms with Crippen molar-refractivity contribution >= 4 is 5.91 Å². The van der Waals surface area contributed by atoms with Crippen LogP contribution in [0.4, 0.5) is 0 Å². The Morgan fingerprint density at radius 3 is 2.58 bits per heavy atom. The maximum atomic E-state index is 12.4. The molecule has 0 spiro atoms. The highest BCUT2D eigenvalue weighted by Crippen LogP contribution is 2.30. The number of carbonyl (C=O) groups excluding carboxylic acids is 1. The van der Waals surface area contributed by atoms with Gasteiger partial charge in [-0.1, -0.05) is 24.3 Å². The summed E-state index contributed by atoms with van der Waals surface area (Å²) in [4.78, 5) is 16.4. The second kappa shape index (κ2) is 7.31. The van der Waals surface area contributed by atoms with E-state index >= 15 is 0 Å². The summed E-state index contributed by atoms with van der Waals surface area (Å²) in [6, 6.07) is 13.4. The normalized spacial score (nSPS) is 12.6. The van der Waals surface area contributed by atoms with Crippen molar-refractivity contribution in [3.05, 3.63) is 77.9 Å². The number of imidazole rings is 1. The Morgan fingerprint density at radius 2 is 1.81 bits per heavy atom. The monoisotopic (exact) mass is 349 g/mol. The molecule has 1 amide bonds. The van der Waals surface area contributed by atoms with Gasteiger partial charge < -0.3 is 19.4 Å². The number of aromatic nitrogens is 2. The van der Waals surface area contributed by atoms with E-state index in [9.17, 15) is 4.79 Å². The third-order valence-corrected chi connectivity index (χ3v) is 4.20. The van der Waals surface area contributed by atoms with Crippen LogP contribution in [-0.2, 0) is 13.1 Å². The van der Waals surface area contributed by atoms with Crippen LogP contribution in [0.2, 0.25) is 0 Å². The first-order chi connectivity index (χ1) is 12.8. The minimum atomic E-state index is -0.135. The number of benzene rings is 2. The lowest BCUT2D eigenvalue weighted by Crippen LogP contribution is -2.23. The molecule has 0 fully saturated rings. The highest BCUT2D eigenvalue weighted by atomic mass is 16.6. The standard InChI is InChI=1S/C20H19N3O3/c24-20(17-5-6-18-19(11-17)26-10-9-25-18)22-12-15-1-3-16(4-2-15)13-23-8-7-21-14-23/h1-8,11,14H,9-10,12-13H2,(H,22,24). The van der Waals surface area contributed by atoms with Crippen LogP contribution in [0.1, 0.15) is 21.5 Å². The second-order valence-electron chi connectivity index (χ2n) is 6.09. The quantitative estimate of drug-likeness (QED) is 0.769. The van der Waals surface area contributed by atoms with E-state index in [-0.39, 0.29) is 5.91 Å². The molecule has 26 heavy (non-hydrogen) atoms. The summed E-state index contributed by atoms with van der Waals surface area (Å²) in [6.45, 7) is 2.29. The minimum absolute atomic E-state index is 0.135. The molecular weight excluding hydrogens is 330 g/mol. The van der Waals surface area contributed by atoms with Crippen molar-refractivity contribution in [2.24, 2.45) is 0 Å². The van der Waals surface area contributed by atoms with E-state index in [1.165, 1.54) is 5.56 Å². The van der Waals surface area contributed by atoms with Crippen LogP contribution in [0.5, 0.6) is 11.5 Å². The van der Waals surface area contributed by atoms with Gasteiger partial charge in [0.25, 0.3) is 5.91 Å². The van der Waals surface area contributed by atoms with Gasteiger partial charge in [0.2, 0.25) is 0 Å². The Labute approximate surface area is 151 Å². The van der Waals surface area contributed by atoms with Crippen LogP contribution >= 0.6 is 0 Å². The molecule has 2 heterocycles. The summed E-state index contributed by atoms with van der Waals surface area (Å²) in [6.07, 6.45) is 5.49. The van der Waals surface area contributed by atoms with Gasteiger partial charge in [-0.15, -0.1) is 0 Å². The first-order valence-corrected chi connectivity index (χ1v) is 8.49. The van der Waals surface area contributed by atoms with Gasteiger partial charge in [0.05, 0.1) is 6.33 Å². The van der Waals surface area contributed by atoms with Crippen LogP contribution in [-0.4, -0.2) is 28.7 Å². The molecule has 132 valence electrons. The smallest absolute Gasteiger partial charge is 0.251 e. The van der Waals surface area contributed by atoms with Gasteiger partial charge in [-0.05, 0) is 29.3 Å². The maximum absolute atomic E-state index is 12.4. The lowest BCUT2D eigenvalue weighted by molar-refractivity contribution is 0.0949. The summed E-state index contributed by atoms with van der Waals surface area (Å²) in [5.41, 5.74) is 2.79. The van der Waals surface area contributed by atoms with Crippen molar-refractivity contribution in [1.82, 2.24) is 14.9 Å². The fourth-order valence-corrected chi connectivity index (χ4v) is 2.82. The van der Waals surface area contributed by atoms with Gasteiger partial charge in [-0.3, -0.25) is 4.79 Å². The minimum Gasteiger partial charge on any atom is -0.486 e. The van der Waals surface area contributed by atoms with E-state index in [1.807, 2.05) is 22.9 Å². The molecule has 0 radical (unpaired) electrons. The molecule has 0 saturated heterocycles. The Hall–Kier alpha value is -3.28. The van der Waals surface area contributed by atoms with Crippen LogP contribution in [0, 0.1) is 0 Å². The van der Waals surface area contributed by atoms with Crippen LogP contribution in [0.15, 0.2) is 61.2 Å². The number of fused-ring (bicyclic) bond motifs is 1. The number of nitrogens with zero attached hydrogens (tertiary/aromatic N) is 2. The number of nitrogens with one attached hydrogen (secondary N) is 1. The van der Waals surface area contributed by atoms with Crippen molar-refractivity contribution < 1.29 is 14.3 Å². The molecule has 0 bridgehead atoms. The van der Waals surface area contributed by atoms with E-state index < -0.39 is 0 Å². The number of hydrogen-bond donors (Lipinski definition) is 1. The van der Waals surface area contributed by atoms with Crippen LogP contribution in [0.3, 0.4) is 0 Å². The van der Waals surface area contributed by atoms with Gasteiger partial charge in [-0.25, -0.2) is 4.98 Å². The maximum Gasteiger partial charge on any atom is 0.251 e. The SMILES string of the molecule is O=C(NCc1ccc(Cn2ccnc2)cc1)c1ccc2c(c1)OCCO2. The Balaban J connectivity index is 1.35. The fourth-order valence-electron chi connectivity index (χ4n) is 2.82. The summed E-state index contributed by atoms with van der Waals surface area (Å²) in [5.74, 6) is 1.17. The molecule has 4 rings (SSSR count). The number of amides is 1. The van der Waals surface area contributed by atoms with E-state index in [2.05, 4.69) is 22.4 Å². The molecule has 0 atom stereocenters. The highest BCUT2D eigenvalue weighted by molar-refractivity contribution is 5.94. The first kappa shape index (κ1) is 16.2.